The lowest BCUT2D eigenvalue weighted by Gasteiger charge is -2.17. The van der Waals surface area contributed by atoms with Crippen molar-refractivity contribution in [3.8, 4) is 0 Å². The standard InChI is InChI=1S/C14H25N3O5S/c1-5-22-13(18)11-16(2)10-12-9-15-14(23(4,19)20)17(12)7-6-8-21-3/h9H,5-8,10-11H2,1-4H3. The molecule has 0 amide bonds. The first kappa shape index (κ1) is 19.6. The predicted octanol–water partition coefficient (Wildman–Crippen LogP) is 0.318. The van der Waals surface area contributed by atoms with Gasteiger partial charge in [-0.25, -0.2) is 13.4 Å². The number of carbonyl (C=O) groups is 1. The van der Waals surface area contributed by atoms with Crippen LogP contribution in [-0.2, 0) is 37.2 Å². The number of carbonyl (C=O) groups excluding carboxylic acids is 1. The van der Waals surface area contributed by atoms with E-state index in [1.807, 2.05) is 0 Å². The molecule has 0 aliphatic rings. The van der Waals surface area contributed by atoms with Crippen molar-refractivity contribution in [2.75, 3.05) is 40.2 Å². The largest absolute Gasteiger partial charge is 0.465 e. The Bertz CT molecular complexity index is 612. The lowest BCUT2D eigenvalue weighted by Crippen LogP contribution is -2.28. The first-order valence-corrected chi connectivity index (χ1v) is 9.26. The van der Waals surface area contributed by atoms with E-state index in [1.165, 1.54) is 6.20 Å². The average Bonchev–Trinajstić information content (AvgIpc) is 2.82. The fourth-order valence-electron chi connectivity index (χ4n) is 2.18. The highest BCUT2D eigenvalue weighted by atomic mass is 32.2. The molecule has 1 heterocycles. The van der Waals surface area contributed by atoms with Gasteiger partial charge in [0.05, 0.1) is 25.0 Å². The zero-order valence-corrected chi connectivity index (χ0v) is 14.9. The zero-order chi connectivity index (χ0) is 17.5. The quantitative estimate of drug-likeness (QED) is 0.444. The Morgan fingerprint density at radius 1 is 1.43 bits per heavy atom. The van der Waals surface area contributed by atoms with Gasteiger partial charge in [-0.2, -0.15) is 0 Å². The lowest BCUT2D eigenvalue weighted by molar-refractivity contribution is -0.144. The third-order valence-corrected chi connectivity index (χ3v) is 4.09. The molecule has 0 unspecified atom stereocenters. The number of sulfone groups is 1. The molecule has 0 fully saturated rings. The van der Waals surface area contributed by atoms with Crippen LogP contribution in [0.4, 0.5) is 0 Å². The average molecular weight is 347 g/mol. The van der Waals surface area contributed by atoms with E-state index >= 15 is 0 Å². The number of likely N-dealkylation sites (N-methyl/N-ethyl adjacent to an activating group) is 1. The van der Waals surface area contributed by atoms with E-state index in [4.69, 9.17) is 9.47 Å². The van der Waals surface area contributed by atoms with Crippen molar-refractivity contribution >= 4 is 15.8 Å². The zero-order valence-electron chi connectivity index (χ0n) is 14.1. The fraction of sp³-hybridized carbons (Fsp3) is 0.714. The third kappa shape index (κ3) is 6.28. The predicted molar refractivity (Wildman–Crippen MR) is 84.8 cm³/mol. The van der Waals surface area contributed by atoms with Gasteiger partial charge in [-0.1, -0.05) is 0 Å². The van der Waals surface area contributed by atoms with Gasteiger partial charge in [-0.3, -0.25) is 9.69 Å². The molecule has 23 heavy (non-hydrogen) atoms. The van der Waals surface area contributed by atoms with Crippen molar-refractivity contribution < 1.29 is 22.7 Å². The highest BCUT2D eigenvalue weighted by Crippen LogP contribution is 2.14. The van der Waals surface area contributed by atoms with Gasteiger partial charge in [0.25, 0.3) is 0 Å². The van der Waals surface area contributed by atoms with Crippen molar-refractivity contribution in [2.24, 2.45) is 0 Å². The van der Waals surface area contributed by atoms with Crippen molar-refractivity contribution in [1.82, 2.24) is 14.5 Å². The van der Waals surface area contributed by atoms with Crippen molar-refractivity contribution in [2.45, 2.75) is 31.6 Å². The molecular formula is C14H25N3O5S. The molecule has 0 saturated carbocycles. The maximum Gasteiger partial charge on any atom is 0.320 e. The Morgan fingerprint density at radius 3 is 2.70 bits per heavy atom. The molecule has 0 saturated heterocycles. The maximum absolute atomic E-state index is 11.8. The summed E-state index contributed by atoms with van der Waals surface area (Å²) < 4.78 is 35.3. The first-order chi connectivity index (χ1) is 10.8. The van der Waals surface area contributed by atoms with Crippen LogP contribution in [0.25, 0.3) is 0 Å². The minimum Gasteiger partial charge on any atom is -0.465 e. The van der Waals surface area contributed by atoms with Crippen LogP contribution in [0.3, 0.4) is 0 Å². The van der Waals surface area contributed by atoms with Gasteiger partial charge in [-0.05, 0) is 20.4 Å². The molecule has 9 heteroatoms. The molecule has 0 aliphatic carbocycles. The summed E-state index contributed by atoms with van der Waals surface area (Å²) in [4.78, 5) is 17.3. The second kappa shape index (κ2) is 8.99. The molecule has 1 rings (SSSR count). The molecule has 0 aliphatic heterocycles. The van der Waals surface area contributed by atoms with Gasteiger partial charge < -0.3 is 14.0 Å². The topological polar surface area (TPSA) is 90.7 Å². The number of ether oxygens (including phenoxy) is 2. The highest BCUT2D eigenvalue weighted by molar-refractivity contribution is 7.90. The number of hydrogen-bond donors (Lipinski definition) is 0. The van der Waals surface area contributed by atoms with Crippen LogP contribution < -0.4 is 0 Å². The van der Waals surface area contributed by atoms with Crippen LogP contribution >= 0.6 is 0 Å². The summed E-state index contributed by atoms with van der Waals surface area (Å²) in [6, 6.07) is 0. The lowest BCUT2D eigenvalue weighted by atomic mass is 10.3. The van der Waals surface area contributed by atoms with E-state index in [0.29, 0.717) is 32.7 Å². The molecular weight excluding hydrogens is 322 g/mol. The Balaban J connectivity index is 2.88. The maximum atomic E-state index is 11.8. The smallest absolute Gasteiger partial charge is 0.320 e. The van der Waals surface area contributed by atoms with E-state index in [-0.39, 0.29) is 17.7 Å². The molecule has 0 N–H and O–H groups in total. The van der Waals surface area contributed by atoms with Crippen LogP contribution in [0.15, 0.2) is 11.4 Å². The molecule has 0 spiro atoms. The number of rotatable bonds is 10. The van der Waals surface area contributed by atoms with Crippen molar-refractivity contribution in [1.29, 1.82) is 0 Å². The molecule has 0 atom stereocenters. The van der Waals surface area contributed by atoms with E-state index in [2.05, 4.69) is 4.98 Å². The first-order valence-electron chi connectivity index (χ1n) is 7.37. The number of aromatic nitrogens is 2. The van der Waals surface area contributed by atoms with Crippen molar-refractivity contribution in [3.63, 3.8) is 0 Å². The highest BCUT2D eigenvalue weighted by Gasteiger charge is 2.20. The second-order valence-electron chi connectivity index (χ2n) is 5.28. The molecule has 0 aromatic carbocycles. The van der Waals surface area contributed by atoms with E-state index < -0.39 is 9.84 Å². The van der Waals surface area contributed by atoms with Gasteiger partial charge >= 0.3 is 5.97 Å². The van der Waals surface area contributed by atoms with Crippen LogP contribution in [0.1, 0.15) is 19.0 Å². The number of nitrogens with zero attached hydrogens (tertiary/aromatic N) is 3. The fourth-order valence-corrected chi connectivity index (χ4v) is 3.03. The molecule has 132 valence electrons. The number of imidazole rings is 1. The van der Waals surface area contributed by atoms with Crippen LogP contribution in [-0.4, -0.2) is 69.0 Å². The summed E-state index contributed by atoms with van der Waals surface area (Å²) in [5, 5.41) is 0.0353. The number of methoxy groups -OCH3 is 1. The van der Waals surface area contributed by atoms with Crippen LogP contribution in [0, 0.1) is 0 Å². The van der Waals surface area contributed by atoms with Gasteiger partial charge in [-0.15, -0.1) is 0 Å². The monoisotopic (exact) mass is 347 g/mol. The Hall–Kier alpha value is -1.45. The third-order valence-electron chi connectivity index (χ3n) is 3.10. The van der Waals surface area contributed by atoms with Gasteiger partial charge in [0.15, 0.2) is 0 Å². The minimum absolute atomic E-state index is 0.0353. The van der Waals surface area contributed by atoms with E-state index in [9.17, 15) is 13.2 Å². The Labute approximate surface area is 137 Å². The molecule has 8 nitrogen and oxygen atoms in total. The normalized spacial score (nSPS) is 11.9. The van der Waals surface area contributed by atoms with Gasteiger partial charge in [0.2, 0.25) is 15.0 Å². The SMILES string of the molecule is CCOC(=O)CN(C)Cc1cnc(S(C)(=O)=O)n1CCCOC. The second-order valence-corrected chi connectivity index (χ2v) is 7.19. The number of hydrogen-bond acceptors (Lipinski definition) is 7. The Morgan fingerprint density at radius 2 is 2.13 bits per heavy atom. The Kier molecular flexibility index (Phi) is 7.66. The minimum atomic E-state index is -3.42. The summed E-state index contributed by atoms with van der Waals surface area (Å²) in [7, 11) is -0.0523. The molecule has 1 aromatic rings. The summed E-state index contributed by atoms with van der Waals surface area (Å²) in [5.74, 6) is -0.316. The van der Waals surface area contributed by atoms with Crippen LogP contribution in [0.2, 0.25) is 0 Å². The van der Waals surface area contributed by atoms with Crippen LogP contribution in [0.5, 0.6) is 0 Å². The molecule has 0 radical (unpaired) electrons. The summed E-state index contributed by atoms with van der Waals surface area (Å²) in [6.45, 7) is 3.62. The number of esters is 1. The van der Waals surface area contributed by atoms with E-state index in [0.717, 1.165) is 11.9 Å². The van der Waals surface area contributed by atoms with E-state index in [1.54, 1.807) is 30.5 Å². The van der Waals surface area contributed by atoms with Crippen molar-refractivity contribution in [3.05, 3.63) is 11.9 Å². The summed E-state index contributed by atoms with van der Waals surface area (Å²) >= 11 is 0. The molecule has 1 aromatic heterocycles. The van der Waals surface area contributed by atoms with Gasteiger partial charge in [0.1, 0.15) is 0 Å². The summed E-state index contributed by atoms with van der Waals surface area (Å²) in [5.41, 5.74) is 0.730. The van der Waals surface area contributed by atoms with Gasteiger partial charge in [0, 0.05) is 33.1 Å². The summed E-state index contributed by atoms with van der Waals surface area (Å²) in [6.07, 6.45) is 3.34. The molecule has 0 bridgehead atoms.